The van der Waals surface area contributed by atoms with Crippen LogP contribution in [-0.2, 0) is 22.3 Å². The summed E-state index contributed by atoms with van der Waals surface area (Å²) in [6, 6.07) is 6.12. The van der Waals surface area contributed by atoms with Gasteiger partial charge < -0.3 is 14.2 Å². The molecule has 0 unspecified atom stereocenters. The summed E-state index contributed by atoms with van der Waals surface area (Å²) in [6.45, 7) is 0. The standard InChI is InChI=1S/C13H16O3/c1-14-11-5-4-9-7-12(15-2)13(16-3)8-10(9)6-11/h4-6H,7-8H2,1-3H3. The number of allylic oxidation sites excluding steroid dienone is 2. The van der Waals surface area contributed by atoms with Crippen LogP contribution in [0.25, 0.3) is 0 Å². The molecule has 0 radical (unpaired) electrons. The second-order valence-electron chi connectivity index (χ2n) is 3.74. The summed E-state index contributed by atoms with van der Waals surface area (Å²) in [5, 5.41) is 0. The van der Waals surface area contributed by atoms with Gasteiger partial charge in [0.25, 0.3) is 0 Å². The molecule has 0 saturated carbocycles. The van der Waals surface area contributed by atoms with Crippen LogP contribution in [0.4, 0.5) is 0 Å². The highest BCUT2D eigenvalue weighted by atomic mass is 16.5. The number of hydrogen-bond acceptors (Lipinski definition) is 3. The predicted octanol–water partition coefficient (Wildman–Crippen LogP) is 2.30. The minimum Gasteiger partial charge on any atom is -0.497 e. The molecule has 3 nitrogen and oxygen atoms in total. The Morgan fingerprint density at radius 2 is 1.44 bits per heavy atom. The topological polar surface area (TPSA) is 27.7 Å². The van der Waals surface area contributed by atoms with Gasteiger partial charge in [0, 0.05) is 12.8 Å². The van der Waals surface area contributed by atoms with Crippen LogP contribution < -0.4 is 4.74 Å². The van der Waals surface area contributed by atoms with Crippen molar-refractivity contribution in [3.63, 3.8) is 0 Å². The molecule has 0 atom stereocenters. The smallest absolute Gasteiger partial charge is 0.138 e. The van der Waals surface area contributed by atoms with Gasteiger partial charge in [0.2, 0.25) is 0 Å². The lowest BCUT2D eigenvalue weighted by Gasteiger charge is -2.21. The van der Waals surface area contributed by atoms with Crippen molar-refractivity contribution in [3.8, 4) is 5.75 Å². The molecule has 0 bridgehead atoms. The number of benzene rings is 1. The molecule has 1 aromatic rings. The predicted molar refractivity (Wildman–Crippen MR) is 61.4 cm³/mol. The molecule has 0 saturated heterocycles. The van der Waals surface area contributed by atoms with Crippen molar-refractivity contribution in [1.29, 1.82) is 0 Å². The summed E-state index contributed by atoms with van der Waals surface area (Å²) in [4.78, 5) is 0. The second-order valence-corrected chi connectivity index (χ2v) is 3.74. The second kappa shape index (κ2) is 4.47. The molecule has 0 aliphatic heterocycles. The van der Waals surface area contributed by atoms with Gasteiger partial charge in [-0.25, -0.2) is 0 Å². The highest BCUT2D eigenvalue weighted by Gasteiger charge is 2.19. The molecule has 0 heterocycles. The molecule has 1 aromatic carbocycles. The van der Waals surface area contributed by atoms with E-state index in [-0.39, 0.29) is 0 Å². The minimum atomic E-state index is 0.770. The molecule has 0 fully saturated rings. The van der Waals surface area contributed by atoms with Crippen molar-refractivity contribution < 1.29 is 14.2 Å². The average molecular weight is 220 g/mol. The Balaban J connectivity index is 2.34. The number of methoxy groups -OCH3 is 3. The zero-order valence-corrected chi connectivity index (χ0v) is 9.87. The van der Waals surface area contributed by atoms with E-state index in [0.29, 0.717) is 0 Å². The van der Waals surface area contributed by atoms with Gasteiger partial charge in [-0.15, -0.1) is 0 Å². The first-order chi connectivity index (χ1) is 7.78. The summed E-state index contributed by atoms with van der Waals surface area (Å²) in [6.07, 6.45) is 1.56. The van der Waals surface area contributed by atoms with Crippen LogP contribution >= 0.6 is 0 Å². The highest BCUT2D eigenvalue weighted by Crippen LogP contribution is 2.29. The summed E-state index contributed by atoms with van der Waals surface area (Å²) < 4.78 is 15.9. The SMILES string of the molecule is COC1=C(OC)Cc2cc(OC)ccc2C1. The molecular weight excluding hydrogens is 204 g/mol. The Hall–Kier alpha value is -1.64. The van der Waals surface area contributed by atoms with E-state index < -0.39 is 0 Å². The number of ether oxygens (including phenoxy) is 3. The van der Waals surface area contributed by atoms with Gasteiger partial charge in [0.15, 0.2) is 0 Å². The zero-order valence-electron chi connectivity index (χ0n) is 9.87. The van der Waals surface area contributed by atoms with Gasteiger partial charge in [-0.2, -0.15) is 0 Å². The first-order valence-corrected chi connectivity index (χ1v) is 5.24. The fourth-order valence-corrected chi connectivity index (χ4v) is 1.98. The van der Waals surface area contributed by atoms with E-state index in [2.05, 4.69) is 12.1 Å². The Labute approximate surface area is 95.6 Å². The first-order valence-electron chi connectivity index (χ1n) is 5.24. The molecule has 3 heteroatoms. The molecule has 1 aliphatic rings. The van der Waals surface area contributed by atoms with E-state index in [1.165, 1.54) is 11.1 Å². The normalized spacial score (nSPS) is 14.4. The van der Waals surface area contributed by atoms with Crippen LogP contribution in [0.3, 0.4) is 0 Å². The minimum absolute atomic E-state index is 0.770. The van der Waals surface area contributed by atoms with Gasteiger partial charge in [0.05, 0.1) is 21.3 Å². The lowest BCUT2D eigenvalue weighted by atomic mass is 9.94. The highest BCUT2D eigenvalue weighted by molar-refractivity contribution is 5.42. The molecule has 1 aliphatic carbocycles. The Morgan fingerprint density at radius 1 is 0.812 bits per heavy atom. The maximum atomic E-state index is 5.34. The molecule has 86 valence electrons. The van der Waals surface area contributed by atoms with E-state index in [0.717, 1.165) is 30.1 Å². The van der Waals surface area contributed by atoms with Crippen molar-refractivity contribution in [2.45, 2.75) is 12.8 Å². The number of fused-ring (bicyclic) bond motifs is 1. The third kappa shape index (κ3) is 1.85. The fraction of sp³-hybridized carbons (Fsp3) is 0.385. The summed E-state index contributed by atoms with van der Waals surface area (Å²) >= 11 is 0. The van der Waals surface area contributed by atoms with Gasteiger partial charge >= 0.3 is 0 Å². The third-order valence-electron chi connectivity index (χ3n) is 2.92. The summed E-state index contributed by atoms with van der Waals surface area (Å²) in [7, 11) is 5.04. The van der Waals surface area contributed by atoms with Crippen molar-refractivity contribution >= 4 is 0 Å². The van der Waals surface area contributed by atoms with Crippen LogP contribution in [-0.4, -0.2) is 21.3 Å². The van der Waals surface area contributed by atoms with E-state index in [1.807, 2.05) is 6.07 Å². The van der Waals surface area contributed by atoms with Crippen LogP contribution in [0.2, 0.25) is 0 Å². The van der Waals surface area contributed by atoms with Crippen molar-refractivity contribution in [2.24, 2.45) is 0 Å². The van der Waals surface area contributed by atoms with Crippen LogP contribution in [0, 0.1) is 0 Å². The van der Waals surface area contributed by atoms with Gasteiger partial charge in [-0.3, -0.25) is 0 Å². The Morgan fingerprint density at radius 3 is 2.00 bits per heavy atom. The largest absolute Gasteiger partial charge is 0.497 e. The third-order valence-corrected chi connectivity index (χ3v) is 2.92. The van der Waals surface area contributed by atoms with Gasteiger partial charge in [0.1, 0.15) is 17.3 Å². The summed E-state index contributed by atoms with van der Waals surface area (Å²) in [5.74, 6) is 2.71. The molecule has 2 rings (SSSR count). The Bertz CT molecular complexity index is 421. The first kappa shape index (κ1) is 10.9. The van der Waals surface area contributed by atoms with Crippen molar-refractivity contribution in [1.82, 2.24) is 0 Å². The molecule has 0 N–H and O–H groups in total. The maximum Gasteiger partial charge on any atom is 0.138 e. The lowest BCUT2D eigenvalue weighted by molar-refractivity contribution is 0.206. The molecule has 0 spiro atoms. The Kier molecular flexibility index (Phi) is 3.04. The summed E-state index contributed by atoms with van der Waals surface area (Å²) in [5.41, 5.74) is 2.52. The van der Waals surface area contributed by atoms with Crippen LogP contribution in [0.15, 0.2) is 29.7 Å². The maximum absolute atomic E-state index is 5.34. The molecule has 0 aromatic heterocycles. The lowest BCUT2D eigenvalue weighted by Crippen LogP contribution is -2.11. The quantitative estimate of drug-likeness (QED) is 0.782. The van der Waals surface area contributed by atoms with Crippen molar-refractivity contribution in [2.75, 3.05) is 21.3 Å². The monoisotopic (exact) mass is 220 g/mol. The molecular formula is C13H16O3. The van der Waals surface area contributed by atoms with Crippen LogP contribution in [0.1, 0.15) is 11.1 Å². The van der Waals surface area contributed by atoms with E-state index in [9.17, 15) is 0 Å². The molecule has 0 amide bonds. The van der Waals surface area contributed by atoms with Gasteiger partial charge in [-0.1, -0.05) is 6.07 Å². The zero-order chi connectivity index (χ0) is 11.5. The average Bonchev–Trinajstić information content (AvgIpc) is 2.36. The van der Waals surface area contributed by atoms with E-state index in [4.69, 9.17) is 14.2 Å². The van der Waals surface area contributed by atoms with E-state index >= 15 is 0 Å². The number of hydrogen-bond donors (Lipinski definition) is 0. The number of rotatable bonds is 3. The molecule has 16 heavy (non-hydrogen) atoms. The fourth-order valence-electron chi connectivity index (χ4n) is 1.98. The van der Waals surface area contributed by atoms with Gasteiger partial charge in [-0.05, 0) is 23.3 Å². The van der Waals surface area contributed by atoms with Crippen LogP contribution in [0.5, 0.6) is 5.75 Å². The van der Waals surface area contributed by atoms with E-state index in [1.54, 1.807) is 21.3 Å². The van der Waals surface area contributed by atoms with Crippen molar-refractivity contribution in [3.05, 3.63) is 40.8 Å².